The van der Waals surface area contributed by atoms with Gasteiger partial charge in [0.05, 0.1) is 23.6 Å². The van der Waals surface area contributed by atoms with Gasteiger partial charge in [0, 0.05) is 5.70 Å². The van der Waals surface area contributed by atoms with Gasteiger partial charge in [0.15, 0.2) is 0 Å². The molecule has 4 heteroatoms. The van der Waals surface area contributed by atoms with Crippen LogP contribution in [-0.2, 0) is 9.53 Å². The van der Waals surface area contributed by atoms with E-state index in [2.05, 4.69) is 5.43 Å². The molecule has 0 heterocycles. The first kappa shape index (κ1) is 17.6. The lowest BCUT2D eigenvalue weighted by Gasteiger charge is -2.28. The van der Waals surface area contributed by atoms with E-state index in [1.54, 1.807) is 0 Å². The van der Waals surface area contributed by atoms with Crippen molar-refractivity contribution in [2.24, 2.45) is 0 Å². The third-order valence-electron chi connectivity index (χ3n) is 3.64. The normalized spacial score (nSPS) is 11.5. The number of hydrogen-bond donors (Lipinski definition) is 1. The Morgan fingerprint density at radius 1 is 0.958 bits per heavy atom. The molecule has 0 fully saturated rings. The summed E-state index contributed by atoms with van der Waals surface area (Å²) in [5, 5.41) is 1.96. The van der Waals surface area contributed by atoms with Crippen molar-refractivity contribution in [2.75, 3.05) is 11.6 Å². The number of nitrogens with one attached hydrogen (secondary N) is 1. The van der Waals surface area contributed by atoms with Crippen molar-refractivity contribution in [2.45, 2.75) is 27.2 Å². The number of ether oxygens (including phenoxy) is 1. The maximum atomic E-state index is 12.1. The molecule has 0 radical (unpaired) electrons. The number of allylic oxidation sites excluding steroid dienone is 1. The number of esters is 1. The van der Waals surface area contributed by atoms with Gasteiger partial charge in [0.1, 0.15) is 0 Å². The first-order chi connectivity index (χ1) is 11.7. The van der Waals surface area contributed by atoms with Gasteiger partial charge in [0.25, 0.3) is 0 Å². The molecule has 2 rings (SSSR count). The number of carbonyl (C=O) groups is 1. The van der Waals surface area contributed by atoms with Crippen LogP contribution in [0.25, 0.3) is 0 Å². The van der Waals surface area contributed by atoms with Crippen molar-refractivity contribution < 1.29 is 9.53 Å². The van der Waals surface area contributed by atoms with Gasteiger partial charge in [-0.15, -0.1) is 0 Å². The molecule has 0 aliphatic rings. The molecular weight excluding hydrogens is 300 g/mol. The number of hydrogen-bond acceptors (Lipinski definition) is 4. The van der Waals surface area contributed by atoms with Gasteiger partial charge in [0.2, 0.25) is 0 Å². The predicted molar refractivity (Wildman–Crippen MR) is 97.8 cm³/mol. The van der Waals surface area contributed by atoms with Crippen molar-refractivity contribution in [3.63, 3.8) is 0 Å². The lowest BCUT2D eigenvalue weighted by Crippen LogP contribution is -2.33. The Bertz CT molecular complexity index is 642. The number of benzene rings is 2. The highest BCUT2D eigenvalue weighted by Gasteiger charge is 2.15. The molecule has 0 aliphatic heterocycles. The molecule has 2 aromatic carbocycles. The number of para-hydroxylation sites is 2. The Hall–Kier alpha value is -2.75. The maximum Gasteiger partial charge on any atom is 0.335 e. The van der Waals surface area contributed by atoms with Crippen LogP contribution in [0.2, 0.25) is 0 Å². The summed E-state index contributed by atoms with van der Waals surface area (Å²) in [5.41, 5.74) is 6.76. The summed E-state index contributed by atoms with van der Waals surface area (Å²) in [4.78, 5) is 12.1. The van der Waals surface area contributed by atoms with E-state index < -0.39 is 0 Å². The Labute approximate surface area is 143 Å². The Morgan fingerprint density at radius 3 is 1.88 bits per heavy atom. The lowest BCUT2D eigenvalue weighted by molar-refractivity contribution is -0.138. The van der Waals surface area contributed by atoms with Crippen molar-refractivity contribution in [3.8, 4) is 0 Å². The van der Waals surface area contributed by atoms with Gasteiger partial charge in [-0.3, -0.25) is 10.4 Å². The van der Waals surface area contributed by atoms with Crippen molar-refractivity contribution >= 4 is 17.3 Å². The van der Waals surface area contributed by atoms with E-state index in [9.17, 15) is 4.79 Å². The van der Waals surface area contributed by atoms with Gasteiger partial charge in [-0.2, -0.15) is 0 Å². The summed E-state index contributed by atoms with van der Waals surface area (Å²) in [5.74, 6) is -0.272. The molecule has 0 spiro atoms. The number of anilines is 2. The molecule has 126 valence electrons. The molecule has 2 aromatic rings. The van der Waals surface area contributed by atoms with Crippen LogP contribution < -0.4 is 10.4 Å². The minimum Gasteiger partial charge on any atom is -0.463 e. The summed E-state index contributed by atoms with van der Waals surface area (Å²) in [6.45, 7) is 6.03. The van der Waals surface area contributed by atoms with E-state index in [0.717, 1.165) is 17.1 Å². The molecule has 0 unspecified atom stereocenters. The minimum absolute atomic E-state index is 0.272. The Balaban J connectivity index is 2.37. The molecule has 0 saturated heterocycles. The zero-order chi connectivity index (χ0) is 17.4. The first-order valence-corrected chi connectivity index (χ1v) is 8.21. The van der Waals surface area contributed by atoms with E-state index in [4.69, 9.17) is 4.74 Å². The Morgan fingerprint density at radius 2 is 1.46 bits per heavy atom. The lowest BCUT2D eigenvalue weighted by atomic mass is 10.1. The second kappa shape index (κ2) is 8.77. The average Bonchev–Trinajstić information content (AvgIpc) is 2.62. The average molecular weight is 324 g/mol. The van der Waals surface area contributed by atoms with Crippen molar-refractivity contribution in [1.29, 1.82) is 0 Å². The summed E-state index contributed by atoms with van der Waals surface area (Å²) < 4.78 is 5.15. The molecule has 0 atom stereocenters. The molecule has 4 nitrogen and oxygen atoms in total. The summed E-state index contributed by atoms with van der Waals surface area (Å²) >= 11 is 0. The highest BCUT2D eigenvalue weighted by molar-refractivity contribution is 5.89. The van der Waals surface area contributed by atoms with Crippen molar-refractivity contribution in [1.82, 2.24) is 5.43 Å². The molecule has 0 aromatic heterocycles. The third kappa shape index (κ3) is 4.38. The van der Waals surface area contributed by atoms with Crippen LogP contribution in [0.5, 0.6) is 0 Å². The fourth-order valence-electron chi connectivity index (χ4n) is 2.45. The fraction of sp³-hybridized carbons (Fsp3) is 0.250. The van der Waals surface area contributed by atoms with Gasteiger partial charge >= 0.3 is 5.97 Å². The van der Waals surface area contributed by atoms with Crippen LogP contribution in [0.4, 0.5) is 11.4 Å². The largest absolute Gasteiger partial charge is 0.463 e. The molecule has 24 heavy (non-hydrogen) atoms. The SMILES string of the molecule is CCOC(=O)C(CC)=C(C)NN(c1ccccc1)c1ccccc1. The standard InChI is InChI=1S/C20H24N2O2/c1-4-19(20(23)24-5-2)16(3)21-22(17-12-8-6-9-13-17)18-14-10-7-11-15-18/h6-15,21H,4-5H2,1-3H3. The number of nitrogens with zero attached hydrogens (tertiary/aromatic N) is 1. The maximum absolute atomic E-state index is 12.1. The van der Waals surface area contributed by atoms with E-state index in [1.165, 1.54) is 0 Å². The molecule has 0 aliphatic carbocycles. The first-order valence-electron chi connectivity index (χ1n) is 8.21. The Kier molecular flexibility index (Phi) is 6.43. The van der Waals surface area contributed by atoms with Crippen LogP contribution >= 0.6 is 0 Å². The number of hydrazine groups is 1. The highest BCUT2D eigenvalue weighted by Crippen LogP contribution is 2.24. The fourth-order valence-corrected chi connectivity index (χ4v) is 2.45. The van der Waals surface area contributed by atoms with Crippen LogP contribution in [-0.4, -0.2) is 12.6 Å². The smallest absolute Gasteiger partial charge is 0.335 e. The van der Waals surface area contributed by atoms with Gasteiger partial charge in [-0.1, -0.05) is 43.3 Å². The van der Waals surface area contributed by atoms with Crippen LogP contribution in [0.1, 0.15) is 27.2 Å². The van der Waals surface area contributed by atoms with Crippen LogP contribution in [0.15, 0.2) is 71.9 Å². The van der Waals surface area contributed by atoms with Crippen molar-refractivity contribution in [3.05, 3.63) is 71.9 Å². The summed E-state index contributed by atoms with van der Waals surface area (Å²) in [6, 6.07) is 20.0. The minimum atomic E-state index is -0.272. The monoisotopic (exact) mass is 324 g/mol. The van der Waals surface area contributed by atoms with Crippen LogP contribution in [0.3, 0.4) is 0 Å². The highest BCUT2D eigenvalue weighted by atomic mass is 16.5. The predicted octanol–water partition coefficient (Wildman–Crippen LogP) is 4.58. The van der Waals surface area contributed by atoms with E-state index in [0.29, 0.717) is 18.6 Å². The zero-order valence-electron chi connectivity index (χ0n) is 14.5. The zero-order valence-corrected chi connectivity index (χ0v) is 14.5. The third-order valence-corrected chi connectivity index (χ3v) is 3.64. The molecule has 1 N–H and O–H groups in total. The molecule has 0 saturated carbocycles. The molecule has 0 amide bonds. The second-order valence-electron chi connectivity index (χ2n) is 5.30. The molecule has 0 bridgehead atoms. The van der Waals surface area contributed by atoms with Gasteiger partial charge in [-0.05, 0) is 44.5 Å². The summed E-state index contributed by atoms with van der Waals surface area (Å²) in [6.07, 6.45) is 0.606. The van der Waals surface area contributed by atoms with Gasteiger partial charge < -0.3 is 4.74 Å². The summed E-state index contributed by atoms with van der Waals surface area (Å²) in [7, 11) is 0. The quantitative estimate of drug-likeness (QED) is 0.460. The van der Waals surface area contributed by atoms with E-state index in [1.807, 2.05) is 86.4 Å². The number of carbonyl (C=O) groups excluding carboxylic acids is 1. The van der Waals surface area contributed by atoms with Gasteiger partial charge in [-0.25, -0.2) is 4.79 Å². The van der Waals surface area contributed by atoms with E-state index >= 15 is 0 Å². The topological polar surface area (TPSA) is 41.6 Å². The number of rotatable bonds is 7. The second-order valence-corrected chi connectivity index (χ2v) is 5.30. The van der Waals surface area contributed by atoms with Crippen LogP contribution in [0, 0.1) is 0 Å². The van der Waals surface area contributed by atoms with E-state index in [-0.39, 0.29) is 5.97 Å². The molecular formula is C20H24N2O2.